The molecule has 156 valence electrons. The number of carbonyl (C=O) groups is 1. The van der Waals surface area contributed by atoms with Crippen LogP contribution >= 0.6 is 0 Å². The van der Waals surface area contributed by atoms with E-state index in [0.717, 1.165) is 68.2 Å². The lowest BCUT2D eigenvalue weighted by atomic mass is 10.0. The summed E-state index contributed by atoms with van der Waals surface area (Å²) in [7, 11) is 0. The Bertz CT molecular complexity index is 847. The van der Waals surface area contributed by atoms with Crippen LogP contribution in [0.3, 0.4) is 0 Å². The second-order valence-corrected chi connectivity index (χ2v) is 8.22. The number of nitrogens with zero attached hydrogens (tertiary/aromatic N) is 4. The molecule has 3 heterocycles. The number of ether oxygens (including phenoxy) is 1. The Morgan fingerprint density at radius 3 is 2.86 bits per heavy atom. The number of para-hydroxylation sites is 1. The summed E-state index contributed by atoms with van der Waals surface area (Å²) in [6.45, 7) is 6.18. The van der Waals surface area contributed by atoms with Crippen molar-refractivity contribution in [2.24, 2.45) is 0 Å². The topological polar surface area (TPSA) is 72.3 Å². The van der Waals surface area contributed by atoms with Crippen LogP contribution in [0.1, 0.15) is 69.2 Å². The summed E-state index contributed by atoms with van der Waals surface area (Å²) in [5.41, 5.74) is 0.989. The first kappa shape index (κ1) is 19.7. The maximum Gasteiger partial charge on any atom is 0.318 e. The van der Waals surface area contributed by atoms with Gasteiger partial charge in [0.25, 0.3) is 0 Å². The molecule has 4 rings (SSSR count). The van der Waals surface area contributed by atoms with Crippen molar-refractivity contribution in [3.63, 3.8) is 0 Å². The molecule has 7 heteroatoms. The van der Waals surface area contributed by atoms with Gasteiger partial charge >= 0.3 is 6.03 Å². The molecule has 29 heavy (non-hydrogen) atoms. The highest BCUT2D eigenvalue weighted by molar-refractivity contribution is 5.74. The van der Waals surface area contributed by atoms with E-state index >= 15 is 0 Å². The average Bonchev–Trinajstić information content (AvgIpc) is 3.16. The number of aromatic nitrogens is 3. The van der Waals surface area contributed by atoms with E-state index in [2.05, 4.69) is 20.1 Å². The Balaban J connectivity index is 1.47. The minimum atomic E-state index is -0.0396. The summed E-state index contributed by atoms with van der Waals surface area (Å²) >= 11 is 0. The standard InChI is InChI=1S/C22H31N5O2/c1-16(2)29-19-11-4-3-9-17(19)15-23-22(28)26-13-7-5-10-18(26)21-25-24-20-12-6-8-14-27(20)21/h3-4,9,11,16,18H,5-8,10,12-15H2,1-2H3,(H,23,28). The van der Waals surface area contributed by atoms with Crippen LogP contribution < -0.4 is 10.1 Å². The summed E-state index contributed by atoms with van der Waals surface area (Å²) in [5, 5.41) is 12.0. The molecule has 1 unspecified atom stereocenters. The molecule has 2 amide bonds. The number of urea groups is 1. The third kappa shape index (κ3) is 4.38. The monoisotopic (exact) mass is 397 g/mol. The second-order valence-electron chi connectivity index (χ2n) is 8.22. The van der Waals surface area contributed by atoms with Crippen LogP contribution in [0.5, 0.6) is 5.75 Å². The Hall–Kier alpha value is -2.57. The van der Waals surface area contributed by atoms with Gasteiger partial charge in [-0.05, 0) is 52.0 Å². The zero-order chi connectivity index (χ0) is 20.2. The number of nitrogens with one attached hydrogen (secondary N) is 1. The number of piperidine rings is 1. The van der Waals surface area contributed by atoms with Crippen LogP contribution in [0, 0.1) is 0 Å². The molecule has 0 spiro atoms. The third-order valence-corrected chi connectivity index (χ3v) is 5.72. The van der Waals surface area contributed by atoms with E-state index in [-0.39, 0.29) is 18.2 Å². The number of likely N-dealkylation sites (tertiary alicyclic amines) is 1. The summed E-state index contributed by atoms with van der Waals surface area (Å²) in [6.07, 6.45) is 6.49. The Morgan fingerprint density at radius 1 is 1.17 bits per heavy atom. The minimum absolute atomic E-state index is 0.00487. The Kier molecular flexibility index (Phi) is 6.02. The van der Waals surface area contributed by atoms with Gasteiger partial charge in [0, 0.05) is 31.6 Å². The van der Waals surface area contributed by atoms with Crippen molar-refractivity contribution >= 4 is 6.03 Å². The summed E-state index contributed by atoms with van der Waals surface area (Å²) in [5.74, 6) is 2.85. The van der Waals surface area contributed by atoms with E-state index in [9.17, 15) is 4.79 Å². The number of hydrogen-bond acceptors (Lipinski definition) is 4. The van der Waals surface area contributed by atoms with Gasteiger partial charge in [-0.15, -0.1) is 10.2 Å². The molecule has 1 saturated heterocycles. The molecule has 1 N–H and O–H groups in total. The van der Waals surface area contributed by atoms with Gasteiger partial charge in [-0.3, -0.25) is 0 Å². The Labute approximate surface area is 172 Å². The lowest BCUT2D eigenvalue weighted by Gasteiger charge is -2.35. The fourth-order valence-corrected chi connectivity index (χ4v) is 4.31. The maximum absolute atomic E-state index is 13.1. The third-order valence-electron chi connectivity index (χ3n) is 5.72. The van der Waals surface area contributed by atoms with E-state index in [1.165, 1.54) is 6.42 Å². The summed E-state index contributed by atoms with van der Waals surface area (Å²) < 4.78 is 8.12. The van der Waals surface area contributed by atoms with Crippen molar-refractivity contribution in [3.05, 3.63) is 41.5 Å². The number of benzene rings is 1. The van der Waals surface area contributed by atoms with E-state index in [1.54, 1.807) is 0 Å². The van der Waals surface area contributed by atoms with Gasteiger partial charge in [-0.2, -0.15) is 0 Å². The lowest BCUT2D eigenvalue weighted by Crippen LogP contribution is -2.45. The van der Waals surface area contributed by atoms with E-state index in [0.29, 0.717) is 6.54 Å². The van der Waals surface area contributed by atoms with Crippen LogP contribution in [0.4, 0.5) is 4.79 Å². The molecule has 0 aliphatic carbocycles. The molecule has 2 aliphatic rings. The van der Waals surface area contributed by atoms with E-state index in [1.807, 2.05) is 43.0 Å². The molecular formula is C22H31N5O2. The number of amides is 2. The highest BCUT2D eigenvalue weighted by atomic mass is 16.5. The van der Waals surface area contributed by atoms with Crippen molar-refractivity contribution in [1.29, 1.82) is 0 Å². The minimum Gasteiger partial charge on any atom is -0.491 e. The van der Waals surface area contributed by atoms with Crippen molar-refractivity contribution in [1.82, 2.24) is 25.0 Å². The molecule has 1 fully saturated rings. The lowest BCUT2D eigenvalue weighted by molar-refractivity contribution is 0.144. The Morgan fingerprint density at radius 2 is 2.00 bits per heavy atom. The average molecular weight is 398 g/mol. The molecule has 0 radical (unpaired) electrons. The predicted octanol–water partition coefficient (Wildman–Crippen LogP) is 3.84. The van der Waals surface area contributed by atoms with Gasteiger partial charge in [0.1, 0.15) is 11.6 Å². The molecular weight excluding hydrogens is 366 g/mol. The molecule has 1 aromatic heterocycles. The molecule has 0 saturated carbocycles. The van der Waals surface area contributed by atoms with Gasteiger partial charge in [0.15, 0.2) is 5.82 Å². The quantitative estimate of drug-likeness (QED) is 0.832. The zero-order valence-electron chi connectivity index (χ0n) is 17.4. The first-order chi connectivity index (χ1) is 14.1. The van der Waals surface area contributed by atoms with E-state index < -0.39 is 0 Å². The van der Waals surface area contributed by atoms with Crippen molar-refractivity contribution in [2.45, 2.75) is 77.6 Å². The van der Waals surface area contributed by atoms with Gasteiger partial charge in [0.05, 0.1) is 12.1 Å². The SMILES string of the molecule is CC(C)Oc1ccccc1CNC(=O)N1CCCCC1c1nnc2n1CCCC2. The fraction of sp³-hybridized carbons (Fsp3) is 0.591. The van der Waals surface area contributed by atoms with Crippen LogP contribution in [0.2, 0.25) is 0 Å². The number of aryl methyl sites for hydroxylation is 1. The van der Waals surface area contributed by atoms with Crippen molar-refractivity contribution < 1.29 is 9.53 Å². The van der Waals surface area contributed by atoms with Gasteiger partial charge in [-0.25, -0.2) is 4.79 Å². The van der Waals surface area contributed by atoms with Gasteiger partial charge in [0.2, 0.25) is 0 Å². The molecule has 1 atom stereocenters. The van der Waals surface area contributed by atoms with Crippen LogP contribution in [0.15, 0.2) is 24.3 Å². The number of hydrogen-bond donors (Lipinski definition) is 1. The number of fused-ring (bicyclic) bond motifs is 1. The molecule has 0 bridgehead atoms. The zero-order valence-corrected chi connectivity index (χ0v) is 17.4. The first-order valence-electron chi connectivity index (χ1n) is 10.8. The van der Waals surface area contributed by atoms with Crippen LogP contribution in [-0.2, 0) is 19.5 Å². The maximum atomic E-state index is 13.1. The highest BCUT2D eigenvalue weighted by Crippen LogP contribution is 2.31. The molecule has 7 nitrogen and oxygen atoms in total. The van der Waals surface area contributed by atoms with E-state index in [4.69, 9.17) is 4.74 Å². The molecule has 2 aromatic rings. The summed E-state index contributed by atoms with van der Waals surface area (Å²) in [6, 6.07) is 7.85. The van der Waals surface area contributed by atoms with Crippen molar-refractivity contribution in [3.8, 4) is 5.75 Å². The van der Waals surface area contributed by atoms with Gasteiger partial charge < -0.3 is 19.5 Å². The van der Waals surface area contributed by atoms with Crippen molar-refractivity contribution in [2.75, 3.05) is 6.54 Å². The normalized spacial score (nSPS) is 19.1. The molecule has 2 aliphatic heterocycles. The molecule has 1 aromatic carbocycles. The summed E-state index contributed by atoms with van der Waals surface area (Å²) in [4.78, 5) is 15.0. The first-order valence-corrected chi connectivity index (χ1v) is 10.8. The second kappa shape index (κ2) is 8.84. The largest absolute Gasteiger partial charge is 0.491 e. The van der Waals surface area contributed by atoms with Crippen LogP contribution in [-0.4, -0.2) is 38.3 Å². The van der Waals surface area contributed by atoms with Gasteiger partial charge in [-0.1, -0.05) is 18.2 Å². The fourth-order valence-electron chi connectivity index (χ4n) is 4.31. The smallest absolute Gasteiger partial charge is 0.318 e. The number of carbonyl (C=O) groups excluding carboxylic acids is 1. The highest BCUT2D eigenvalue weighted by Gasteiger charge is 2.33. The predicted molar refractivity (Wildman–Crippen MR) is 111 cm³/mol. The number of rotatable bonds is 5. The van der Waals surface area contributed by atoms with Crippen LogP contribution in [0.25, 0.3) is 0 Å².